The summed E-state index contributed by atoms with van der Waals surface area (Å²) in [5.41, 5.74) is 0.329. The zero-order valence-corrected chi connectivity index (χ0v) is 11.3. The van der Waals surface area contributed by atoms with Gasteiger partial charge in [0.2, 0.25) is 0 Å². The van der Waals surface area contributed by atoms with Crippen molar-refractivity contribution in [1.82, 2.24) is 4.90 Å². The van der Waals surface area contributed by atoms with Gasteiger partial charge in [-0.2, -0.15) is 0 Å². The fourth-order valence-corrected chi connectivity index (χ4v) is 2.27. The molecule has 0 aliphatic rings. The molecule has 0 spiro atoms. The van der Waals surface area contributed by atoms with Gasteiger partial charge in [-0.1, -0.05) is 6.07 Å². The minimum atomic E-state index is -3.80. The van der Waals surface area contributed by atoms with Crippen LogP contribution >= 0.6 is 10.7 Å². The minimum Gasteiger partial charge on any atom is -0.339 e. The van der Waals surface area contributed by atoms with E-state index in [0.29, 0.717) is 18.7 Å². The molecule has 0 saturated carbocycles. The Balaban J connectivity index is 3.12. The topological polar surface area (TPSA) is 54.5 Å². The summed E-state index contributed by atoms with van der Waals surface area (Å²) >= 11 is 0. The second-order valence-corrected chi connectivity index (χ2v) is 6.01. The number of hydrogen-bond acceptors (Lipinski definition) is 3. The minimum absolute atomic E-state index is 0.0582. The molecule has 0 aromatic heterocycles. The molecule has 0 fully saturated rings. The third-order valence-electron chi connectivity index (χ3n) is 2.41. The molecule has 1 aromatic carbocycles. The van der Waals surface area contributed by atoms with Crippen molar-refractivity contribution in [3.8, 4) is 0 Å². The fourth-order valence-electron chi connectivity index (χ4n) is 1.47. The molecule has 0 saturated heterocycles. The second kappa shape index (κ2) is 5.51. The normalized spacial score (nSPS) is 11.2. The smallest absolute Gasteiger partial charge is 0.261 e. The number of halogens is 1. The SMILES string of the molecule is CCN(CC)C(=O)c1cccc(S(=O)(=O)Cl)c1. The zero-order valence-electron chi connectivity index (χ0n) is 9.68. The highest BCUT2D eigenvalue weighted by Crippen LogP contribution is 2.17. The summed E-state index contributed by atoms with van der Waals surface area (Å²) in [5, 5.41) is 0. The molecular formula is C11H14ClNO3S. The van der Waals surface area contributed by atoms with Gasteiger partial charge in [0.05, 0.1) is 4.90 Å². The molecular weight excluding hydrogens is 262 g/mol. The van der Waals surface area contributed by atoms with Crippen LogP contribution in [-0.2, 0) is 9.05 Å². The Hall–Kier alpha value is -1.07. The summed E-state index contributed by atoms with van der Waals surface area (Å²) in [7, 11) is 1.43. The highest BCUT2D eigenvalue weighted by atomic mass is 35.7. The Labute approximate surface area is 106 Å². The first-order valence-corrected chi connectivity index (χ1v) is 7.55. The van der Waals surface area contributed by atoms with E-state index < -0.39 is 9.05 Å². The lowest BCUT2D eigenvalue weighted by atomic mass is 10.2. The van der Waals surface area contributed by atoms with Crippen LogP contribution < -0.4 is 0 Å². The Morgan fingerprint density at radius 1 is 1.29 bits per heavy atom. The molecule has 17 heavy (non-hydrogen) atoms. The lowest BCUT2D eigenvalue weighted by molar-refractivity contribution is 0.0772. The molecule has 4 nitrogen and oxygen atoms in total. The molecule has 0 atom stereocenters. The summed E-state index contributed by atoms with van der Waals surface area (Å²) in [4.78, 5) is 13.5. The van der Waals surface area contributed by atoms with Crippen molar-refractivity contribution in [2.45, 2.75) is 18.7 Å². The summed E-state index contributed by atoms with van der Waals surface area (Å²) in [6, 6.07) is 5.74. The number of carbonyl (C=O) groups is 1. The number of rotatable bonds is 4. The van der Waals surface area contributed by atoms with Crippen molar-refractivity contribution in [2.75, 3.05) is 13.1 Å². The van der Waals surface area contributed by atoms with Crippen molar-refractivity contribution in [3.63, 3.8) is 0 Å². The highest BCUT2D eigenvalue weighted by Gasteiger charge is 2.16. The summed E-state index contributed by atoms with van der Waals surface area (Å²) in [5.74, 6) is -0.197. The second-order valence-electron chi connectivity index (χ2n) is 3.44. The Bertz CT molecular complexity index is 509. The van der Waals surface area contributed by atoms with Crippen LogP contribution in [0, 0.1) is 0 Å². The van der Waals surface area contributed by atoms with Crippen LogP contribution in [0.15, 0.2) is 29.2 Å². The van der Waals surface area contributed by atoms with E-state index in [9.17, 15) is 13.2 Å². The molecule has 0 bridgehead atoms. The van der Waals surface area contributed by atoms with Crippen LogP contribution in [0.4, 0.5) is 0 Å². The van der Waals surface area contributed by atoms with E-state index in [-0.39, 0.29) is 10.8 Å². The first-order chi connectivity index (χ1) is 7.90. The van der Waals surface area contributed by atoms with Gasteiger partial charge in [0, 0.05) is 29.3 Å². The van der Waals surface area contributed by atoms with Crippen molar-refractivity contribution >= 4 is 25.6 Å². The highest BCUT2D eigenvalue weighted by molar-refractivity contribution is 8.13. The molecule has 0 unspecified atom stereocenters. The Morgan fingerprint density at radius 2 is 1.88 bits per heavy atom. The maximum absolute atomic E-state index is 12.0. The van der Waals surface area contributed by atoms with Gasteiger partial charge >= 0.3 is 0 Å². The van der Waals surface area contributed by atoms with Gasteiger partial charge in [-0.25, -0.2) is 8.42 Å². The van der Waals surface area contributed by atoms with E-state index in [4.69, 9.17) is 10.7 Å². The first-order valence-electron chi connectivity index (χ1n) is 5.24. The third-order valence-corrected chi connectivity index (χ3v) is 3.76. The van der Waals surface area contributed by atoms with Crippen LogP contribution in [0.1, 0.15) is 24.2 Å². The Kier molecular flexibility index (Phi) is 4.54. The zero-order chi connectivity index (χ0) is 13.1. The lowest BCUT2D eigenvalue weighted by Gasteiger charge is -2.18. The molecule has 1 amide bonds. The Morgan fingerprint density at radius 3 is 2.35 bits per heavy atom. The average Bonchev–Trinajstić information content (AvgIpc) is 2.29. The van der Waals surface area contributed by atoms with Crippen molar-refractivity contribution < 1.29 is 13.2 Å². The predicted molar refractivity (Wildman–Crippen MR) is 66.7 cm³/mol. The maximum Gasteiger partial charge on any atom is 0.261 e. The standard InChI is InChI=1S/C11H14ClNO3S/c1-3-13(4-2)11(14)9-6-5-7-10(8-9)17(12,15)16/h5-8H,3-4H2,1-2H3. The fraction of sp³-hybridized carbons (Fsp3) is 0.364. The van der Waals surface area contributed by atoms with Crippen LogP contribution in [-0.4, -0.2) is 32.3 Å². The maximum atomic E-state index is 12.0. The van der Waals surface area contributed by atoms with E-state index in [2.05, 4.69) is 0 Å². The number of benzene rings is 1. The van der Waals surface area contributed by atoms with Gasteiger partial charge in [0.15, 0.2) is 0 Å². The van der Waals surface area contributed by atoms with Crippen molar-refractivity contribution in [1.29, 1.82) is 0 Å². The molecule has 0 aliphatic carbocycles. The number of hydrogen-bond donors (Lipinski definition) is 0. The van der Waals surface area contributed by atoms with Gasteiger partial charge in [0.25, 0.3) is 15.0 Å². The van der Waals surface area contributed by atoms with Gasteiger partial charge in [-0.15, -0.1) is 0 Å². The molecule has 1 rings (SSSR count). The van der Waals surface area contributed by atoms with E-state index in [1.54, 1.807) is 11.0 Å². The van der Waals surface area contributed by atoms with E-state index in [1.165, 1.54) is 18.2 Å². The van der Waals surface area contributed by atoms with Crippen LogP contribution in [0.2, 0.25) is 0 Å². The molecule has 0 heterocycles. The number of carbonyl (C=O) groups excluding carboxylic acids is 1. The molecule has 0 N–H and O–H groups in total. The molecule has 0 radical (unpaired) electrons. The van der Waals surface area contributed by atoms with Gasteiger partial charge in [-0.3, -0.25) is 4.79 Å². The summed E-state index contributed by atoms with van der Waals surface area (Å²) in [6.07, 6.45) is 0. The largest absolute Gasteiger partial charge is 0.339 e. The average molecular weight is 276 g/mol. The monoisotopic (exact) mass is 275 g/mol. The predicted octanol–water partition coefficient (Wildman–Crippen LogP) is 2.10. The molecule has 0 aliphatic heterocycles. The number of amides is 1. The first kappa shape index (κ1) is 14.0. The van der Waals surface area contributed by atoms with Crippen molar-refractivity contribution in [3.05, 3.63) is 29.8 Å². The molecule has 6 heteroatoms. The van der Waals surface area contributed by atoms with Crippen LogP contribution in [0.3, 0.4) is 0 Å². The van der Waals surface area contributed by atoms with Crippen molar-refractivity contribution in [2.24, 2.45) is 0 Å². The summed E-state index contributed by atoms with van der Waals surface area (Å²) < 4.78 is 22.3. The van der Waals surface area contributed by atoms with Crippen LogP contribution in [0.25, 0.3) is 0 Å². The third kappa shape index (κ3) is 3.44. The van der Waals surface area contributed by atoms with E-state index in [0.717, 1.165) is 0 Å². The van der Waals surface area contributed by atoms with E-state index in [1.807, 2.05) is 13.8 Å². The van der Waals surface area contributed by atoms with Crippen LogP contribution in [0.5, 0.6) is 0 Å². The number of nitrogens with zero attached hydrogens (tertiary/aromatic N) is 1. The van der Waals surface area contributed by atoms with Gasteiger partial charge in [-0.05, 0) is 32.0 Å². The van der Waals surface area contributed by atoms with Gasteiger partial charge < -0.3 is 4.90 Å². The van der Waals surface area contributed by atoms with Gasteiger partial charge in [0.1, 0.15) is 0 Å². The van der Waals surface area contributed by atoms with E-state index >= 15 is 0 Å². The molecule has 1 aromatic rings. The quantitative estimate of drug-likeness (QED) is 0.791. The lowest BCUT2D eigenvalue weighted by Crippen LogP contribution is -2.30. The molecule has 94 valence electrons. The summed E-state index contributed by atoms with van der Waals surface area (Å²) in [6.45, 7) is 4.88.